The van der Waals surface area contributed by atoms with E-state index in [9.17, 15) is 0 Å². The first-order chi connectivity index (χ1) is 1.00. The van der Waals surface area contributed by atoms with Crippen molar-refractivity contribution in [3.63, 3.8) is 0 Å². The second-order valence-corrected chi connectivity index (χ2v) is 0. The molecule has 0 aromatic rings. The van der Waals surface area contributed by atoms with Crippen LogP contribution in [0.15, 0.2) is 0 Å². The van der Waals surface area contributed by atoms with Gasteiger partial charge < -0.3 is 17.0 Å². The van der Waals surface area contributed by atoms with Gasteiger partial charge in [-0.1, -0.05) is 0 Å². The fourth-order valence-corrected chi connectivity index (χ4v) is 0. The minimum Gasteiger partial charge on any atom is -1.00 e. The van der Waals surface area contributed by atoms with Crippen LogP contribution in [0.25, 0.3) is 0 Å². The first kappa shape index (κ1) is 23.8. The second-order valence-electron chi connectivity index (χ2n) is 0. The largest absolute Gasteiger partial charge is 1.00 e. The predicted octanol–water partition coefficient (Wildman–Crippen LogP) is -2.75. The molecule has 0 radical (unpaired) electrons. The van der Waals surface area contributed by atoms with Gasteiger partial charge in [-0.3, -0.25) is 0 Å². The third-order valence-corrected chi connectivity index (χ3v) is 0. The Balaban J connectivity index is -0.00000000500. The van der Waals surface area contributed by atoms with E-state index < -0.39 is 0 Å². The van der Waals surface area contributed by atoms with Crippen molar-refractivity contribution in [2.75, 3.05) is 0 Å². The summed E-state index contributed by atoms with van der Waals surface area (Å²) in [6, 6.07) is 0. The third-order valence-electron chi connectivity index (χ3n) is 0. The predicted molar refractivity (Wildman–Crippen MR) is 9.89 cm³/mol. The van der Waals surface area contributed by atoms with Crippen molar-refractivity contribution in [1.29, 1.82) is 0 Å². The minimum atomic E-state index is 0. The molecule has 0 unspecified atom stereocenters. The minimum absolute atomic E-state index is 0. The molecule has 0 spiro atoms. The summed E-state index contributed by atoms with van der Waals surface area (Å²) in [6.45, 7) is 0. The maximum atomic E-state index is 4.00. The molecule has 0 saturated heterocycles. The molecule has 0 heterocycles. The Bertz CT molecular complexity index is 10.8. The van der Waals surface area contributed by atoms with Gasteiger partial charge in [-0.05, 0) is 0 Å². The monoisotopic (exact) mass is 168 g/mol. The Morgan fingerprint density at radius 1 is 1.00 bits per heavy atom. The van der Waals surface area contributed by atoms with Gasteiger partial charge in [0.15, 0.2) is 0 Å². The van der Waals surface area contributed by atoms with Crippen LogP contribution in [0.3, 0.4) is 0 Å². The fourth-order valence-electron chi connectivity index (χ4n) is 0. The summed E-state index contributed by atoms with van der Waals surface area (Å²) in [4.78, 5) is 0. The van der Waals surface area contributed by atoms with Gasteiger partial charge >= 0.3 is 17.1 Å². The first-order valence-corrected chi connectivity index (χ1v) is 0.333. The van der Waals surface area contributed by atoms with E-state index in [1.165, 1.54) is 0 Å². The van der Waals surface area contributed by atoms with E-state index in [1.54, 1.807) is 0 Å². The van der Waals surface area contributed by atoms with E-state index in [0.717, 1.165) is 0 Å². The maximum Gasteiger partial charge on any atom is 1.00 e. The summed E-state index contributed by atoms with van der Waals surface area (Å²) in [5.41, 5.74) is 0. The summed E-state index contributed by atoms with van der Waals surface area (Å²) >= 11 is 0. The molecule has 0 N–H and O–H groups in total. The number of hydrogen-bond donors (Lipinski definition) is 0. The molecule has 2 heteroatoms. The molecule has 0 aliphatic heterocycles. The molecule has 28 valence electrons. The average molecular weight is 169 g/mol. The maximum absolute atomic E-state index is 4.00. The Labute approximate surface area is 47.2 Å². The summed E-state index contributed by atoms with van der Waals surface area (Å²) in [5, 5.41) is 0. The van der Waals surface area contributed by atoms with Gasteiger partial charge in [-0.2, -0.15) is 0 Å². The molecule has 0 fully saturated rings. The Kier molecular flexibility index (Phi) is 442. The Morgan fingerprint density at radius 3 is 1.00 bits per heavy atom. The molecular weight excluding hydrogens is 167 g/mol. The summed E-state index contributed by atoms with van der Waals surface area (Å²) in [5.74, 6) is 0. The average Bonchev–Trinajstić information content (AvgIpc) is 1.00. The van der Waals surface area contributed by atoms with Crippen LogP contribution in [-0.2, 0) is 17.1 Å². The van der Waals surface area contributed by atoms with Crippen LogP contribution in [0, 0.1) is 12.8 Å². The third kappa shape index (κ3) is 19.9. The molecule has 0 aromatic carbocycles. The van der Waals surface area contributed by atoms with Crippen molar-refractivity contribution in [1.82, 2.24) is 0 Å². The standard InChI is InChI=1S/C2H2.BrH.Cu/c1-2;;/h1-2H;1H;/q;;+1/p-1. The van der Waals surface area contributed by atoms with Crippen LogP contribution in [0.2, 0.25) is 0 Å². The fraction of sp³-hybridized carbons (Fsp3) is 0. The summed E-state index contributed by atoms with van der Waals surface area (Å²) < 4.78 is 0. The van der Waals surface area contributed by atoms with Crippen molar-refractivity contribution < 1.29 is 34.1 Å². The van der Waals surface area contributed by atoms with Crippen molar-refractivity contribution in [3.8, 4) is 12.8 Å². The molecular formula is C2H2BrCu. The van der Waals surface area contributed by atoms with Gasteiger partial charge in [0.25, 0.3) is 0 Å². The van der Waals surface area contributed by atoms with E-state index in [0.29, 0.717) is 0 Å². The number of halogens is 1. The van der Waals surface area contributed by atoms with E-state index in [4.69, 9.17) is 0 Å². The second kappa shape index (κ2) is 74.5. The van der Waals surface area contributed by atoms with Gasteiger partial charge in [0, 0.05) is 0 Å². The zero-order valence-electron chi connectivity index (χ0n) is 1.83. The van der Waals surface area contributed by atoms with E-state index in [2.05, 4.69) is 12.8 Å². The van der Waals surface area contributed by atoms with Crippen LogP contribution in [0.4, 0.5) is 0 Å². The molecule has 0 nitrogen and oxygen atoms in total. The summed E-state index contributed by atoms with van der Waals surface area (Å²) in [6.07, 6.45) is 8.00. The molecule has 0 aliphatic carbocycles. The number of rotatable bonds is 0. The van der Waals surface area contributed by atoms with Gasteiger partial charge in [-0.25, -0.2) is 0 Å². The zero-order chi connectivity index (χ0) is 2.00. The molecule has 0 rings (SSSR count). The van der Waals surface area contributed by atoms with Crippen molar-refractivity contribution in [3.05, 3.63) is 0 Å². The van der Waals surface area contributed by atoms with Crippen molar-refractivity contribution in [2.24, 2.45) is 0 Å². The van der Waals surface area contributed by atoms with Crippen LogP contribution in [0.5, 0.6) is 0 Å². The normalized spacial score (nSPS) is 0.500. The quantitative estimate of drug-likeness (QED) is 0.273. The van der Waals surface area contributed by atoms with Crippen LogP contribution >= 0.6 is 0 Å². The molecule has 0 bridgehead atoms. The topological polar surface area (TPSA) is 0 Å². The Hall–Kier alpha value is 0.559. The van der Waals surface area contributed by atoms with Crippen molar-refractivity contribution in [2.45, 2.75) is 0 Å². The molecule has 0 saturated carbocycles. The van der Waals surface area contributed by atoms with Gasteiger partial charge in [0.2, 0.25) is 0 Å². The molecule has 0 amide bonds. The molecule has 0 atom stereocenters. The van der Waals surface area contributed by atoms with Crippen LogP contribution in [-0.4, -0.2) is 0 Å². The van der Waals surface area contributed by atoms with Crippen LogP contribution < -0.4 is 17.0 Å². The molecule has 0 aliphatic rings. The number of terminal acetylenes is 1. The van der Waals surface area contributed by atoms with E-state index in [-0.39, 0.29) is 34.1 Å². The first-order valence-electron chi connectivity index (χ1n) is 0.333. The Morgan fingerprint density at radius 2 is 1.00 bits per heavy atom. The van der Waals surface area contributed by atoms with Gasteiger partial charge in [-0.15, -0.1) is 12.8 Å². The molecule has 4 heavy (non-hydrogen) atoms. The number of hydrogen-bond acceptors (Lipinski definition) is 0. The van der Waals surface area contributed by atoms with Crippen molar-refractivity contribution >= 4 is 0 Å². The van der Waals surface area contributed by atoms with Gasteiger partial charge in [0.1, 0.15) is 0 Å². The van der Waals surface area contributed by atoms with Crippen LogP contribution in [0.1, 0.15) is 0 Å². The van der Waals surface area contributed by atoms with Gasteiger partial charge in [0.05, 0.1) is 0 Å². The molecule has 0 aromatic heterocycles. The SMILES string of the molecule is C#C.[Br-].[Cu+]. The summed E-state index contributed by atoms with van der Waals surface area (Å²) in [7, 11) is 0. The van der Waals surface area contributed by atoms with E-state index >= 15 is 0 Å². The van der Waals surface area contributed by atoms with E-state index in [1.807, 2.05) is 0 Å². The zero-order valence-corrected chi connectivity index (χ0v) is 4.36. The smallest absolute Gasteiger partial charge is 1.00 e.